The van der Waals surface area contributed by atoms with Crippen molar-refractivity contribution in [2.24, 2.45) is 0 Å². The molecule has 168 valence electrons. The van der Waals surface area contributed by atoms with E-state index in [4.69, 9.17) is 4.52 Å². The van der Waals surface area contributed by atoms with Crippen molar-refractivity contribution >= 4 is 8.60 Å². The standard InChI is InChI=1S/C25H45O3P/c1-2-3-4-5-6-7-8-9-10-11-12-13-14-15-16-20-23-25(28-29(26)27)24-21-18-17-19-22-24/h17-19,21-22,25-27H,2-16,20,23H2,1H3. The molecule has 0 spiro atoms. The van der Waals surface area contributed by atoms with Gasteiger partial charge >= 0.3 is 8.60 Å². The van der Waals surface area contributed by atoms with Gasteiger partial charge in [0.1, 0.15) is 0 Å². The van der Waals surface area contributed by atoms with Crippen molar-refractivity contribution in [2.45, 2.75) is 122 Å². The molecule has 1 aromatic carbocycles. The summed E-state index contributed by atoms with van der Waals surface area (Å²) in [5, 5.41) is 0. The largest absolute Gasteiger partial charge is 0.328 e. The van der Waals surface area contributed by atoms with Crippen molar-refractivity contribution < 1.29 is 14.3 Å². The van der Waals surface area contributed by atoms with Gasteiger partial charge in [0.05, 0.1) is 6.10 Å². The molecule has 1 atom stereocenters. The van der Waals surface area contributed by atoms with Gasteiger partial charge < -0.3 is 14.3 Å². The molecule has 0 heterocycles. The molecule has 1 aromatic rings. The second-order valence-corrected chi connectivity index (χ2v) is 9.07. The van der Waals surface area contributed by atoms with Crippen LogP contribution in [0, 0.1) is 0 Å². The molecule has 0 aliphatic rings. The molecule has 0 aromatic heterocycles. The van der Waals surface area contributed by atoms with Crippen LogP contribution < -0.4 is 0 Å². The highest BCUT2D eigenvalue weighted by molar-refractivity contribution is 7.39. The fourth-order valence-electron chi connectivity index (χ4n) is 3.94. The number of rotatable bonds is 20. The molecule has 1 unspecified atom stereocenters. The van der Waals surface area contributed by atoms with Gasteiger partial charge in [-0.1, -0.05) is 140 Å². The third-order valence-corrected chi connectivity index (χ3v) is 6.16. The first-order chi connectivity index (χ1) is 14.2. The van der Waals surface area contributed by atoms with Crippen molar-refractivity contribution in [2.75, 3.05) is 0 Å². The molecule has 3 nitrogen and oxygen atoms in total. The molecular formula is C25H45O3P. The number of unbranched alkanes of at least 4 members (excludes halogenated alkanes) is 15. The van der Waals surface area contributed by atoms with Gasteiger partial charge in [-0.3, -0.25) is 0 Å². The average molecular weight is 425 g/mol. The van der Waals surface area contributed by atoms with E-state index in [1.54, 1.807) is 0 Å². The van der Waals surface area contributed by atoms with Crippen molar-refractivity contribution in [1.82, 2.24) is 0 Å². The zero-order chi connectivity index (χ0) is 21.0. The second kappa shape index (κ2) is 19.5. The van der Waals surface area contributed by atoms with Gasteiger partial charge in [-0.05, 0) is 12.0 Å². The summed E-state index contributed by atoms with van der Waals surface area (Å²) < 4.78 is 5.34. The van der Waals surface area contributed by atoms with Crippen molar-refractivity contribution in [3.63, 3.8) is 0 Å². The van der Waals surface area contributed by atoms with Crippen molar-refractivity contribution in [1.29, 1.82) is 0 Å². The molecule has 0 amide bonds. The second-order valence-electron chi connectivity index (χ2n) is 8.35. The SMILES string of the molecule is CCCCCCCCCCCCCCCCCCC(OP(O)O)c1ccccc1. The highest BCUT2D eigenvalue weighted by Crippen LogP contribution is 2.37. The highest BCUT2D eigenvalue weighted by atomic mass is 31.2. The summed E-state index contributed by atoms with van der Waals surface area (Å²) in [5.41, 5.74) is 1.03. The van der Waals surface area contributed by atoms with E-state index in [-0.39, 0.29) is 6.10 Å². The zero-order valence-corrected chi connectivity index (χ0v) is 19.6. The van der Waals surface area contributed by atoms with Gasteiger partial charge in [-0.2, -0.15) is 0 Å². The van der Waals surface area contributed by atoms with Gasteiger partial charge in [0.2, 0.25) is 0 Å². The Morgan fingerprint density at radius 3 is 1.48 bits per heavy atom. The normalized spacial score (nSPS) is 12.6. The minimum Gasteiger partial charge on any atom is -0.328 e. The molecule has 1 rings (SSSR count). The maximum atomic E-state index is 9.22. The van der Waals surface area contributed by atoms with Crippen LogP contribution in [0.4, 0.5) is 0 Å². The number of hydrogen-bond acceptors (Lipinski definition) is 3. The maximum Gasteiger partial charge on any atom is 0.327 e. The fraction of sp³-hybridized carbons (Fsp3) is 0.760. The highest BCUT2D eigenvalue weighted by Gasteiger charge is 2.15. The van der Waals surface area contributed by atoms with Crippen molar-refractivity contribution in [3.05, 3.63) is 35.9 Å². The van der Waals surface area contributed by atoms with E-state index in [0.717, 1.165) is 18.4 Å². The Hall–Kier alpha value is -0.470. The van der Waals surface area contributed by atoms with Crippen LogP contribution in [0.3, 0.4) is 0 Å². The Bertz CT molecular complexity index is 453. The topological polar surface area (TPSA) is 49.7 Å². The lowest BCUT2D eigenvalue weighted by atomic mass is 10.0. The van der Waals surface area contributed by atoms with Crippen LogP contribution in [0.15, 0.2) is 30.3 Å². The first-order valence-electron chi connectivity index (χ1n) is 12.1. The smallest absolute Gasteiger partial charge is 0.327 e. The summed E-state index contributed by atoms with van der Waals surface area (Å²) in [6.07, 6.45) is 22.4. The third kappa shape index (κ3) is 16.0. The monoisotopic (exact) mass is 424 g/mol. The summed E-state index contributed by atoms with van der Waals surface area (Å²) in [6.45, 7) is 2.28. The molecule has 29 heavy (non-hydrogen) atoms. The molecule has 0 aliphatic carbocycles. The zero-order valence-electron chi connectivity index (χ0n) is 18.7. The van der Waals surface area contributed by atoms with Crippen LogP contribution in [0.5, 0.6) is 0 Å². The predicted molar refractivity (Wildman–Crippen MR) is 126 cm³/mol. The van der Waals surface area contributed by atoms with Gasteiger partial charge in [0.25, 0.3) is 0 Å². The maximum absolute atomic E-state index is 9.22. The molecule has 0 radical (unpaired) electrons. The number of benzene rings is 1. The quantitative estimate of drug-likeness (QED) is 0.163. The van der Waals surface area contributed by atoms with E-state index in [9.17, 15) is 9.79 Å². The Morgan fingerprint density at radius 2 is 1.07 bits per heavy atom. The van der Waals surface area contributed by atoms with E-state index in [1.807, 2.05) is 30.3 Å². The van der Waals surface area contributed by atoms with Crippen molar-refractivity contribution in [3.8, 4) is 0 Å². The third-order valence-electron chi connectivity index (χ3n) is 5.71. The van der Waals surface area contributed by atoms with Crippen LogP contribution in [0.2, 0.25) is 0 Å². The summed E-state index contributed by atoms with van der Waals surface area (Å²) in [7, 11) is -2.31. The molecule has 0 bridgehead atoms. The van der Waals surface area contributed by atoms with Crippen LogP contribution in [0.1, 0.15) is 128 Å². The van der Waals surface area contributed by atoms with Crippen LogP contribution in [-0.4, -0.2) is 9.79 Å². The first kappa shape index (κ1) is 26.6. The summed E-state index contributed by atoms with van der Waals surface area (Å²) in [4.78, 5) is 18.4. The predicted octanol–water partition coefficient (Wildman–Crippen LogP) is 8.61. The minimum absolute atomic E-state index is 0.205. The summed E-state index contributed by atoms with van der Waals surface area (Å²) in [6, 6.07) is 9.90. The lowest BCUT2D eigenvalue weighted by molar-refractivity contribution is 0.161. The van der Waals surface area contributed by atoms with Crippen LogP contribution >= 0.6 is 8.60 Å². The molecule has 4 heteroatoms. The Morgan fingerprint density at radius 1 is 0.655 bits per heavy atom. The van der Waals surface area contributed by atoms with Gasteiger partial charge in [0.15, 0.2) is 0 Å². The lowest BCUT2D eigenvalue weighted by Gasteiger charge is -2.18. The fourth-order valence-corrected chi connectivity index (χ4v) is 4.39. The molecule has 0 aliphatic heterocycles. The molecule has 2 N–H and O–H groups in total. The van der Waals surface area contributed by atoms with E-state index < -0.39 is 8.60 Å². The van der Waals surface area contributed by atoms with Gasteiger partial charge in [-0.25, -0.2) is 0 Å². The van der Waals surface area contributed by atoms with E-state index in [0.29, 0.717) is 0 Å². The van der Waals surface area contributed by atoms with Crippen LogP contribution in [-0.2, 0) is 4.52 Å². The van der Waals surface area contributed by atoms with E-state index in [2.05, 4.69) is 6.92 Å². The Kier molecular flexibility index (Phi) is 17.9. The molecule has 0 fully saturated rings. The van der Waals surface area contributed by atoms with Gasteiger partial charge in [-0.15, -0.1) is 0 Å². The van der Waals surface area contributed by atoms with Gasteiger partial charge in [0, 0.05) is 0 Å². The lowest BCUT2D eigenvalue weighted by Crippen LogP contribution is -2.01. The van der Waals surface area contributed by atoms with Crippen LogP contribution in [0.25, 0.3) is 0 Å². The Labute approximate surface area is 181 Å². The Balaban J connectivity index is 1.91. The summed E-state index contributed by atoms with van der Waals surface area (Å²) in [5.74, 6) is 0. The van der Waals surface area contributed by atoms with E-state index in [1.165, 1.54) is 96.3 Å². The molecular weight excluding hydrogens is 379 g/mol. The first-order valence-corrected chi connectivity index (χ1v) is 13.3. The molecule has 0 saturated heterocycles. The number of hydrogen-bond donors (Lipinski definition) is 2. The summed E-state index contributed by atoms with van der Waals surface area (Å²) >= 11 is 0. The molecule has 0 saturated carbocycles. The minimum atomic E-state index is -2.31. The van der Waals surface area contributed by atoms with E-state index >= 15 is 0 Å². The average Bonchev–Trinajstić information content (AvgIpc) is 2.73.